The van der Waals surface area contributed by atoms with E-state index in [2.05, 4.69) is 3.77 Å². The van der Waals surface area contributed by atoms with Crippen molar-refractivity contribution in [1.82, 2.24) is 0 Å². The second-order valence-electron chi connectivity index (χ2n) is 2.94. The van der Waals surface area contributed by atoms with Crippen LogP contribution in [-0.4, -0.2) is 26.2 Å². The van der Waals surface area contributed by atoms with E-state index in [0.29, 0.717) is 5.02 Å². The molecule has 0 radical (unpaired) electrons. The minimum atomic E-state index is -3.72. The molecule has 0 aliphatic rings. The van der Waals surface area contributed by atoms with E-state index in [1.807, 2.05) is 0 Å². The smallest absolute Gasteiger partial charge is 0.288 e. The Labute approximate surface area is 113 Å². The minimum Gasteiger partial charge on any atom is -0.481 e. The third-order valence-corrected chi connectivity index (χ3v) is 6.07. The van der Waals surface area contributed by atoms with Crippen molar-refractivity contribution in [3.8, 4) is 0 Å². The Kier molecular flexibility index (Phi) is 5.05. The third-order valence-electron chi connectivity index (χ3n) is 1.73. The third kappa shape index (κ3) is 4.02. The Hall–Kier alpha value is -0.500. The van der Waals surface area contributed by atoms with E-state index in [1.54, 1.807) is 6.26 Å². The number of hydrogen-bond donors (Lipinski definition) is 0. The van der Waals surface area contributed by atoms with Gasteiger partial charge in [0.2, 0.25) is 4.38 Å². The highest BCUT2D eigenvalue weighted by Gasteiger charge is 2.14. The summed E-state index contributed by atoms with van der Waals surface area (Å²) in [5.41, 5.74) is 0. The van der Waals surface area contributed by atoms with Crippen molar-refractivity contribution >= 4 is 48.9 Å². The maximum Gasteiger partial charge on any atom is 0.288 e. The van der Waals surface area contributed by atoms with Gasteiger partial charge >= 0.3 is 0 Å². The summed E-state index contributed by atoms with van der Waals surface area (Å²) in [5.74, 6) is 0. The molecule has 1 aromatic rings. The highest BCUT2D eigenvalue weighted by Crippen LogP contribution is 2.16. The molecule has 0 N–H and O–H groups in total. The predicted octanol–water partition coefficient (Wildman–Crippen LogP) is 2.39. The lowest BCUT2D eigenvalue weighted by Gasteiger charge is -2.03. The van der Waals surface area contributed by atoms with E-state index in [-0.39, 0.29) is 9.28 Å². The van der Waals surface area contributed by atoms with Crippen LogP contribution in [0.2, 0.25) is 5.02 Å². The van der Waals surface area contributed by atoms with Gasteiger partial charge in [-0.2, -0.15) is 8.42 Å². The molecular formula is C9H10ClNO3S3. The molecule has 0 saturated heterocycles. The van der Waals surface area contributed by atoms with Crippen LogP contribution < -0.4 is 0 Å². The van der Waals surface area contributed by atoms with E-state index >= 15 is 0 Å². The molecule has 1 aromatic carbocycles. The number of thiocarbonyl (C=S) groups is 1. The molecule has 8 heteroatoms. The Morgan fingerprint density at radius 1 is 1.41 bits per heavy atom. The van der Waals surface area contributed by atoms with Gasteiger partial charge in [0, 0.05) is 11.3 Å². The average molecular weight is 312 g/mol. The average Bonchev–Trinajstić information content (AvgIpc) is 2.27. The molecule has 0 aliphatic carbocycles. The molecule has 0 heterocycles. The van der Waals surface area contributed by atoms with Gasteiger partial charge in [-0.15, -0.1) is 3.77 Å². The van der Waals surface area contributed by atoms with E-state index in [0.717, 1.165) is 0 Å². The molecule has 17 heavy (non-hydrogen) atoms. The molecule has 0 saturated carbocycles. The molecule has 0 aromatic heterocycles. The molecular weight excluding hydrogens is 302 g/mol. The molecule has 0 amide bonds. The first-order valence-corrected chi connectivity index (χ1v) is 8.16. The maximum atomic E-state index is 11.9. The molecule has 1 rings (SSSR count). The first kappa shape index (κ1) is 14.6. The van der Waals surface area contributed by atoms with E-state index < -0.39 is 20.7 Å². The van der Waals surface area contributed by atoms with Crippen molar-refractivity contribution in [3.05, 3.63) is 29.3 Å². The van der Waals surface area contributed by atoms with Gasteiger partial charge in [-0.25, -0.2) is 0 Å². The molecule has 94 valence electrons. The molecule has 0 fully saturated rings. The number of halogens is 1. The number of ether oxygens (including phenoxy) is 1. The Balaban J connectivity index is 3.13. The Bertz CT molecular complexity index is 551. The topological polar surface area (TPSA) is 55.7 Å². The van der Waals surface area contributed by atoms with Gasteiger partial charge in [-0.05, 0) is 47.2 Å². The van der Waals surface area contributed by atoms with Crippen molar-refractivity contribution in [1.29, 1.82) is 0 Å². The fourth-order valence-corrected chi connectivity index (χ4v) is 3.83. The number of nitrogens with zero attached hydrogens (tertiary/aromatic N) is 1. The van der Waals surface area contributed by atoms with Gasteiger partial charge in [0.05, 0.1) is 12.0 Å². The molecule has 0 bridgehead atoms. The quantitative estimate of drug-likeness (QED) is 0.787. The summed E-state index contributed by atoms with van der Waals surface area (Å²) in [6.45, 7) is 0. The lowest BCUT2D eigenvalue weighted by molar-refractivity contribution is 0.426. The number of methoxy groups -OCH3 is 1. The normalized spacial score (nSPS) is 13.4. The summed E-state index contributed by atoms with van der Waals surface area (Å²) >= 11 is 10.5. The van der Waals surface area contributed by atoms with Crippen molar-refractivity contribution in [2.45, 2.75) is 4.90 Å². The van der Waals surface area contributed by atoms with Crippen LogP contribution in [-0.2, 0) is 25.5 Å². The highest BCUT2D eigenvalue weighted by atomic mass is 35.5. The van der Waals surface area contributed by atoms with E-state index in [9.17, 15) is 8.42 Å². The summed E-state index contributed by atoms with van der Waals surface area (Å²) in [5, 5.41) is 0.465. The molecule has 1 unspecified atom stereocenters. The number of rotatable bonds is 2. The SMILES string of the molecule is COC(=S)S(C)=NS(=O)(=O)c1ccc(Cl)cc1. The lowest BCUT2D eigenvalue weighted by Crippen LogP contribution is -2.07. The zero-order valence-electron chi connectivity index (χ0n) is 9.08. The van der Waals surface area contributed by atoms with E-state index in [4.69, 9.17) is 28.6 Å². The second kappa shape index (κ2) is 5.90. The van der Waals surface area contributed by atoms with Crippen LogP contribution in [0.25, 0.3) is 0 Å². The predicted molar refractivity (Wildman–Crippen MR) is 74.0 cm³/mol. The first-order chi connectivity index (χ1) is 7.86. The van der Waals surface area contributed by atoms with Crippen LogP contribution in [0.15, 0.2) is 32.9 Å². The fraction of sp³-hybridized carbons (Fsp3) is 0.222. The zero-order valence-corrected chi connectivity index (χ0v) is 12.3. The molecule has 4 nitrogen and oxygen atoms in total. The van der Waals surface area contributed by atoms with E-state index in [1.165, 1.54) is 31.4 Å². The van der Waals surface area contributed by atoms with Gasteiger partial charge in [-0.1, -0.05) is 11.6 Å². The van der Waals surface area contributed by atoms with Gasteiger partial charge in [-0.3, -0.25) is 0 Å². The second-order valence-corrected chi connectivity index (χ2v) is 7.35. The van der Waals surface area contributed by atoms with Gasteiger partial charge in [0.15, 0.2) is 0 Å². The number of benzene rings is 1. The summed E-state index contributed by atoms with van der Waals surface area (Å²) < 4.78 is 32.3. The van der Waals surface area contributed by atoms with Crippen LogP contribution in [0.5, 0.6) is 0 Å². The summed E-state index contributed by atoms with van der Waals surface area (Å²) in [4.78, 5) is 0.0835. The molecule has 0 aliphatic heterocycles. The van der Waals surface area contributed by atoms with Gasteiger partial charge < -0.3 is 4.74 Å². The summed E-state index contributed by atoms with van der Waals surface area (Å²) in [6, 6.07) is 5.78. The minimum absolute atomic E-state index is 0.0835. The first-order valence-electron chi connectivity index (χ1n) is 4.34. The monoisotopic (exact) mass is 311 g/mol. The van der Waals surface area contributed by atoms with Crippen LogP contribution in [0, 0.1) is 0 Å². The Morgan fingerprint density at radius 2 is 1.94 bits per heavy atom. The standard InChI is InChI=1S/C9H10ClNO3S3/c1-14-9(15)16(2)11-17(12,13)8-5-3-7(10)4-6-8/h3-6H,1-2H3. The largest absolute Gasteiger partial charge is 0.481 e. The zero-order chi connectivity index (χ0) is 13.1. The Morgan fingerprint density at radius 3 is 2.41 bits per heavy atom. The lowest BCUT2D eigenvalue weighted by atomic mass is 10.4. The van der Waals surface area contributed by atoms with Crippen molar-refractivity contribution in [3.63, 3.8) is 0 Å². The summed E-state index contributed by atoms with van der Waals surface area (Å²) in [7, 11) is -3.31. The van der Waals surface area contributed by atoms with Crippen LogP contribution >= 0.6 is 23.8 Å². The van der Waals surface area contributed by atoms with Crippen molar-refractivity contribution in [2.75, 3.05) is 13.4 Å². The van der Waals surface area contributed by atoms with Crippen molar-refractivity contribution < 1.29 is 13.2 Å². The van der Waals surface area contributed by atoms with Gasteiger partial charge in [0.25, 0.3) is 10.0 Å². The van der Waals surface area contributed by atoms with Crippen molar-refractivity contribution in [2.24, 2.45) is 3.77 Å². The molecule has 0 spiro atoms. The van der Waals surface area contributed by atoms with Crippen LogP contribution in [0.3, 0.4) is 0 Å². The number of sulfonamides is 1. The highest BCUT2D eigenvalue weighted by molar-refractivity contribution is 8.16. The fourth-order valence-electron chi connectivity index (χ4n) is 0.948. The van der Waals surface area contributed by atoms with Crippen LogP contribution in [0.4, 0.5) is 0 Å². The number of hydrogen-bond acceptors (Lipinski definition) is 4. The molecule has 1 atom stereocenters. The maximum absolute atomic E-state index is 11.9. The summed E-state index contributed by atoms with van der Waals surface area (Å²) in [6.07, 6.45) is 1.58. The van der Waals surface area contributed by atoms with Crippen LogP contribution in [0.1, 0.15) is 0 Å². The van der Waals surface area contributed by atoms with Gasteiger partial charge in [0.1, 0.15) is 0 Å².